The average Bonchev–Trinajstić information content (AvgIpc) is 2.85. The number of hydrogen-bond acceptors (Lipinski definition) is 3. The lowest BCUT2D eigenvalue weighted by Crippen LogP contribution is -2.28. The Morgan fingerprint density at radius 1 is 1.41 bits per heavy atom. The molecule has 0 spiro atoms. The second kappa shape index (κ2) is 5.28. The van der Waals surface area contributed by atoms with Crippen LogP contribution in [0.1, 0.15) is 0 Å². The molecule has 0 aliphatic carbocycles. The number of rotatable bonds is 4. The first-order chi connectivity index (χ1) is 8.35. The summed E-state index contributed by atoms with van der Waals surface area (Å²) in [6.07, 6.45) is 3.65. The Labute approximate surface area is 101 Å². The number of nitrogens with zero attached hydrogens (tertiary/aromatic N) is 3. The summed E-state index contributed by atoms with van der Waals surface area (Å²) in [5.74, 6) is 0.890. The quantitative estimate of drug-likeness (QED) is 0.862. The molecule has 1 atom stereocenters. The van der Waals surface area contributed by atoms with Gasteiger partial charge in [-0.3, -0.25) is 0 Å². The fourth-order valence-corrected chi connectivity index (χ4v) is 1.70. The van der Waals surface area contributed by atoms with Gasteiger partial charge in [0.15, 0.2) is 0 Å². The first-order valence-corrected chi connectivity index (χ1v) is 5.48. The molecule has 0 saturated carbocycles. The minimum Gasteiger partial charge on any atom is -0.328 e. The molecular formula is C13H14N4. The van der Waals surface area contributed by atoms with Gasteiger partial charge in [-0.2, -0.15) is 5.26 Å². The molecule has 0 bridgehead atoms. The molecule has 1 aromatic heterocycles. The second-order valence-corrected chi connectivity index (χ2v) is 3.74. The van der Waals surface area contributed by atoms with Crippen LogP contribution >= 0.6 is 0 Å². The number of hydrogen-bond donors (Lipinski definition) is 1. The summed E-state index contributed by atoms with van der Waals surface area (Å²) in [6.45, 7) is 0.594. The largest absolute Gasteiger partial charge is 0.328 e. The zero-order valence-corrected chi connectivity index (χ0v) is 9.67. The molecule has 1 unspecified atom stereocenters. The van der Waals surface area contributed by atoms with Crippen molar-refractivity contribution in [3.63, 3.8) is 0 Å². The van der Waals surface area contributed by atoms with E-state index in [2.05, 4.69) is 16.4 Å². The molecule has 4 heteroatoms. The minimum absolute atomic E-state index is 0.202. The van der Waals surface area contributed by atoms with Crippen molar-refractivity contribution in [1.82, 2.24) is 14.9 Å². The predicted octanol–water partition coefficient (Wildman–Crippen LogP) is 1.66. The Morgan fingerprint density at radius 2 is 2.18 bits per heavy atom. The van der Waals surface area contributed by atoms with Gasteiger partial charge in [0.1, 0.15) is 11.9 Å². The zero-order chi connectivity index (χ0) is 12.1. The number of imidazole rings is 1. The molecule has 1 aromatic carbocycles. The summed E-state index contributed by atoms with van der Waals surface area (Å²) in [6, 6.07) is 12.0. The molecule has 0 aliphatic rings. The number of aromatic nitrogens is 2. The molecule has 2 aromatic rings. The maximum absolute atomic E-state index is 8.94. The van der Waals surface area contributed by atoms with E-state index in [1.165, 1.54) is 0 Å². The molecule has 0 amide bonds. The van der Waals surface area contributed by atoms with Gasteiger partial charge >= 0.3 is 0 Å². The van der Waals surface area contributed by atoms with Crippen molar-refractivity contribution in [2.24, 2.45) is 0 Å². The lowest BCUT2D eigenvalue weighted by molar-refractivity contribution is 0.568. The van der Waals surface area contributed by atoms with Crippen LogP contribution in [0.15, 0.2) is 42.7 Å². The Bertz CT molecular complexity index is 510. The zero-order valence-electron chi connectivity index (χ0n) is 9.67. The van der Waals surface area contributed by atoms with E-state index in [4.69, 9.17) is 5.26 Å². The van der Waals surface area contributed by atoms with Gasteiger partial charge in [-0.25, -0.2) is 4.98 Å². The molecule has 0 aliphatic heterocycles. The second-order valence-electron chi connectivity index (χ2n) is 3.74. The topological polar surface area (TPSA) is 53.6 Å². The first kappa shape index (κ1) is 11.4. The van der Waals surface area contributed by atoms with Crippen LogP contribution in [0.5, 0.6) is 0 Å². The van der Waals surface area contributed by atoms with Crippen molar-refractivity contribution in [2.45, 2.75) is 12.6 Å². The van der Waals surface area contributed by atoms with Crippen LogP contribution in [-0.2, 0) is 6.54 Å². The predicted molar refractivity (Wildman–Crippen MR) is 66.1 cm³/mol. The monoisotopic (exact) mass is 226 g/mol. The summed E-state index contributed by atoms with van der Waals surface area (Å²) in [7, 11) is 1.78. The van der Waals surface area contributed by atoms with Gasteiger partial charge in [0.2, 0.25) is 0 Å². The lowest BCUT2D eigenvalue weighted by atomic mass is 10.2. The highest BCUT2D eigenvalue weighted by Gasteiger charge is 2.09. The van der Waals surface area contributed by atoms with Crippen LogP contribution < -0.4 is 5.32 Å². The molecule has 17 heavy (non-hydrogen) atoms. The highest BCUT2D eigenvalue weighted by atomic mass is 15.1. The van der Waals surface area contributed by atoms with Gasteiger partial charge in [0, 0.05) is 18.0 Å². The standard InChI is InChI=1S/C13H14N4/c1-15-12(9-14)10-17-8-7-16-13(17)11-5-3-2-4-6-11/h2-8,12,15H,10H2,1H3. The van der Waals surface area contributed by atoms with E-state index < -0.39 is 0 Å². The molecule has 1 N–H and O–H groups in total. The third-order valence-electron chi connectivity index (χ3n) is 2.63. The molecule has 0 fully saturated rings. The van der Waals surface area contributed by atoms with E-state index in [-0.39, 0.29) is 6.04 Å². The Hall–Kier alpha value is -2.12. The van der Waals surface area contributed by atoms with Crippen LogP contribution in [-0.4, -0.2) is 22.6 Å². The van der Waals surface area contributed by atoms with E-state index >= 15 is 0 Å². The maximum atomic E-state index is 8.94. The number of likely N-dealkylation sites (N-methyl/N-ethyl adjacent to an activating group) is 1. The molecule has 2 rings (SSSR count). The number of nitriles is 1. The Morgan fingerprint density at radius 3 is 2.82 bits per heavy atom. The Kier molecular flexibility index (Phi) is 3.53. The smallest absolute Gasteiger partial charge is 0.139 e. The summed E-state index contributed by atoms with van der Waals surface area (Å²) in [4.78, 5) is 4.33. The molecule has 0 radical (unpaired) electrons. The average molecular weight is 226 g/mol. The normalized spacial score (nSPS) is 12.0. The molecule has 0 saturated heterocycles. The van der Waals surface area contributed by atoms with Crippen LogP contribution in [0, 0.1) is 11.3 Å². The van der Waals surface area contributed by atoms with E-state index in [1.807, 2.05) is 41.1 Å². The minimum atomic E-state index is -0.202. The summed E-state index contributed by atoms with van der Waals surface area (Å²) >= 11 is 0. The van der Waals surface area contributed by atoms with Crippen molar-refractivity contribution >= 4 is 0 Å². The fraction of sp³-hybridized carbons (Fsp3) is 0.231. The molecular weight excluding hydrogens is 212 g/mol. The van der Waals surface area contributed by atoms with Crippen molar-refractivity contribution in [2.75, 3.05) is 7.05 Å². The van der Waals surface area contributed by atoms with Crippen molar-refractivity contribution < 1.29 is 0 Å². The van der Waals surface area contributed by atoms with E-state index in [0.717, 1.165) is 11.4 Å². The van der Waals surface area contributed by atoms with Crippen molar-refractivity contribution in [1.29, 1.82) is 5.26 Å². The third-order valence-corrected chi connectivity index (χ3v) is 2.63. The Balaban J connectivity index is 2.27. The van der Waals surface area contributed by atoms with E-state index in [1.54, 1.807) is 13.2 Å². The number of nitrogens with one attached hydrogen (secondary N) is 1. The van der Waals surface area contributed by atoms with Crippen molar-refractivity contribution in [3.05, 3.63) is 42.7 Å². The van der Waals surface area contributed by atoms with Crippen LogP contribution in [0.25, 0.3) is 11.4 Å². The maximum Gasteiger partial charge on any atom is 0.139 e. The van der Waals surface area contributed by atoms with Crippen molar-refractivity contribution in [3.8, 4) is 17.5 Å². The van der Waals surface area contributed by atoms with Gasteiger partial charge < -0.3 is 9.88 Å². The number of benzene rings is 1. The van der Waals surface area contributed by atoms with Crippen LogP contribution in [0.3, 0.4) is 0 Å². The summed E-state index contributed by atoms with van der Waals surface area (Å²) in [5, 5.41) is 11.9. The van der Waals surface area contributed by atoms with Gasteiger partial charge in [-0.15, -0.1) is 0 Å². The van der Waals surface area contributed by atoms with Crippen LogP contribution in [0.2, 0.25) is 0 Å². The van der Waals surface area contributed by atoms with Gasteiger partial charge in [-0.05, 0) is 7.05 Å². The van der Waals surface area contributed by atoms with E-state index in [9.17, 15) is 0 Å². The van der Waals surface area contributed by atoms with E-state index in [0.29, 0.717) is 6.54 Å². The molecule has 86 valence electrons. The summed E-state index contributed by atoms with van der Waals surface area (Å²) < 4.78 is 1.99. The fourth-order valence-electron chi connectivity index (χ4n) is 1.70. The third kappa shape index (κ3) is 2.52. The SMILES string of the molecule is CNC(C#N)Cn1ccnc1-c1ccccc1. The first-order valence-electron chi connectivity index (χ1n) is 5.48. The summed E-state index contributed by atoms with van der Waals surface area (Å²) in [5.41, 5.74) is 1.06. The van der Waals surface area contributed by atoms with Gasteiger partial charge in [-0.1, -0.05) is 30.3 Å². The molecule has 4 nitrogen and oxygen atoms in total. The lowest BCUT2D eigenvalue weighted by Gasteiger charge is -2.11. The van der Waals surface area contributed by atoms with Crippen LogP contribution in [0.4, 0.5) is 0 Å². The van der Waals surface area contributed by atoms with Gasteiger partial charge in [0.05, 0.1) is 12.6 Å². The molecule has 1 heterocycles. The van der Waals surface area contributed by atoms with Gasteiger partial charge in [0.25, 0.3) is 0 Å². The highest BCUT2D eigenvalue weighted by Crippen LogP contribution is 2.16. The highest BCUT2D eigenvalue weighted by molar-refractivity contribution is 5.55.